The number of aryl methyl sites for hydroxylation is 2. The van der Waals surface area contributed by atoms with Gasteiger partial charge in [-0.25, -0.2) is 14.4 Å². The molecule has 0 saturated carbocycles. The molecule has 10 heteroatoms. The summed E-state index contributed by atoms with van der Waals surface area (Å²) in [6.45, 7) is 3.43. The van der Waals surface area contributed by atoms with Crippen LogP contribution in [-0.4, -0.2) is 27.4 Å². The van der Waals surface area contributed by atoms with Gasteiger partial charge in [0.15, 0.2) is 6.61 Å². The van der Waals surface area contributed by atoms with Gasteiger partial charge in [0.05, 0.1) is 16.0 Å². The molecular weight excluding hydrogens is 363 g/mol. The van der Waals surface area contributed by atoms with E-state index in [2.05, 4.69) is 15.3 Å². The third-order valence-electron chi connectivity index (χ3n) is 3.71. The van der Waals surface area contributed by atoms with Crippen LogP contribution in [0.5, 0.6) is 5.88 Å². The third kappa shape index (κ3) is 3.45. The molecule has 0 bridgehead atoms. The predicted octanol–water partition coefficient (Wildman–Crippen LogP) is 3.37. The number of hydrogen-bond donors (Lipinski definition) is 1. The number of fused-ring (bicyclic) bond motifs is 1. The van der Waals surface area contributed by atoms with Crippen molar-refractivity contribution in [3.63, 3.8) is 0 Å². The van der Waals surface area contributed by atoms with E-state index in [0.29, 0.717) is 0 Å². The van der Waals surface area contributed by atoms with Crippen molar-refractivity contribution >= 4 is 38.8 Å². The molecule has 134 valence electrons. The van der Waals surface area contributed by atoms with E-state index in [-0.39, 0.29) is 17.3 Å². The van der Waals surface area contributed by atoms with E-state index >= 15 is 0 Å². The van der Waals surface area contributed by atoms with Gasteiger partial charge in [-0.2, -0.15) is 0 Å². The van der Waals surface area contributed by atoms with Crippen LogP contribution in [0.4, 0.5) is 15.8 Å². The quantitative estimate of drug-likeness (QED) is 0.540. The number of nitro benzene ring substituents is 1. The number of rotatable bonds is 5. The van der Waals surface area contributed by atoms with Gasteiger partial charge in [0, 0.05) is 17.0 Å². The van der Waals surface area contributed by atoms with Crippen molar-refractivity contribution in [3.8, 4) is 5.88 Å². The Balaban J connectivity index is 1.74. The van der Waals surface area contributed by atoms with Gasteiger partial charge in [-0.05, 0) is 25.5 Å². The van der Waals surface area contributed by atoms with Crippen molar-refractivity contribution in [2.45, 2.75) is 13.8 Å². The summed E-state index contributed by atoms with van der Waals surface area (Å²) in [5.41, 5.74) is 0.346. The zero-order valence-corrected chi connectivity index (χ0v) is 14.6. The Labute approximate surface area is 150 Å². The molecular formula is C16H13FN4O4S. The van der Waals surface area contributed by atoms with Crippen LogP contribution < -0.4 is 10.1 Å². The molecule has 8 nitrogen and oxygen atoms in total. The molecule has 0 fully saturated rings. The van der Waals surface area contributed by atoms with Gasteiger partial charge in [0.2, 0.25) is 5.88 Å². The van der Waals surface area contributed by atoms with E-state index in [1.807, 2.05) is 13.8 Å². The fourth-order valence-corrected chi connectivity index (χ4v) is 3.29. The lowest BCUT2D eigenvalue weighted by molar-refractivity contribution is -0.384. The van der Waals surface area contributed by atoms with Crippen LogP contribution in [-0.2, 0) is 4.79 Å². The number of halogens is 1. The van der Waals surface area contributed by atoms with E-state index in [0.717, 1.165) is 38.9 Å². The molecule has 2 heterocycles. The van der Waals surface area contributed by atoms with Crippen molar-refractivity contribution in [2.24, 2.45) is 0 Å². The Bertz CT molecular complexity index is 1020. The van der Waals surface area contributed by atoms with Gasteiger partial charge < -0.3 is 10.1 Å². The van der Waals surface area contributed by atoms with Crippen LogP contribution in [0.3, 0.4) is 0 Å². The fraction of sp³-hybridized carbons (Fsp3) is 0.188. The molecule has 1 amide bonds. The number of nitrogens with zero attached hydrogens (tertiary/aromatic N) is 3. The highest BCUT2D eigenvalue weighted by Gasteiger charge is 2.16. The Morgan fingerprint density at radius 1 is 1.38 bits per heavy atom. The van der Waals surface area contributed by atoms with Gasteiger partial charge in [0.1, 0.15) is 17.0 Å². The third-order valence-corrected chi connectivity index (χ3v) is 4.82. The van der Waals surface area contributed by atoms with Gasteiger partial charge in [-0.3, -0.25) is 14.9 Å². The number of anilines is 1. The maximum atomic E-state index is 13.7. The number of aromatic nitrogens is 2. The number of amides is 1. The average Bonchev–Trinajstić information content (AvgIpc) is 2.89. The molecule has 0 radical (unpaired) electrons. The van der Waals surface area contributed by atoms with Gasteiger partial charge in [0.25, 0.3) is 11.6 Å². The van der Waals surface area contributed by atoms with Gasteiger partial charge in [-0.15, -0.1) is 11.3 Å². The molecule has 3 rings (SSSR count). The first-order chi connectivity index (χ1) is 12.4. The summed E-state index contributed by atoms with van der Waals surface area (Å²) >= 11 is 1.49. The predicted molar refractivity (Wildman–Crippen MR) is 94.1 cm³/mol. The van der Waals surface area contributed by atoms with E-state index in [1.54, 1.807) is 0 Å². The topological polar surface area (TPSA) is 107 Å². The lowest BCUT2D eigenvalue weighted by Crippen LogP contribution is -2.21. The number of nitro groups is 1. The van der Waals surface area contributed by atoms with Crippen LogP contribution in [0.25, 0.3) is 10.2 Å². The minimum absolute atomic E-state index is 0.256. The summed E-state index contributed by atoms with van der Waals surface area (Å²) in [6.07, 6.45) is 1.34. The van der Waals surface area contributed by atoms with Crippen LogP contribution >= 0.6 is 11.3 Å². The highest BCUT2D eigenvalue weighted by atomic mass is 32.1. The first-order valence-electron chi connectivity index (χ1n) is 7.44. The van der Waals surface area contributed by atoms with Crippen LogP contribution in [0, 0.1) is 29.8 Å². The number of non-ortho nitro benzene ring substituents is 1. The summed E-state index contributed by atoms with van der Waals surface area (Å²) < 4.78 is 19.2. The zero-order valence-electron chi connectivity index (χ0n) is 13.8. The van der Waals surface area contributed by atoms with Crippen LogP contribution in [0.2, 0.25) is 0 Å². The van der Waals surface area contributed by atoms with Crippen LogP contribution in [0.1, 0.15) is 10.4 Å². The Hall–Kier alpha value is -3.14. The number of benzene rings is 1. The molecule has 0 saturated heterocycles. The molecule has 0 aliphatic carbocycles. The molecule has 3 aromatic rings. The second kappa shape index (κ2) is 7.00. The fourth-order valence-electron chi connectivity index (χ4n) is 2.30. The van der Waals surface area contributed by atoms with E-state index in [4.69, 9.17) is 4.74 Å². The first-order valence-corrected chi connectivity index (χ1v) is 8.25. The van der Waals surface area contributed by atoms with E-state index in [1.165, 1.54) is 17.7 Å². The Morgan fingerprint density at radius 3 is 2.88 bits per heavy atom. The summed E-state index contributed by atoms with van der Waals surface area (Å²) in [5.74, 6) is -1.19. The molecule has 1 aromatic carbocycles. The van der Waals surface area contributed by atoms with Crippen LogP contribution in [0.15, 0.2) is 24.5 Å². The highest BCUT2D eigenvalue weighted by molar-refractivity contribution is 7.18. The Kier molecular flexibility index (Phi) is 4.76. The molecule has 0 aliphatic rings. The second-order valence-electron chi connectivity index (χ2n) is 5.40. The first kappa shape index (κ1) is 17.7. The minimum atomic E-state index is -0.780. The number of ether oxygens (including phenoxy) is 1. The number of nitrogens with one attached hydrogen (secondary N) is 1. The molecule has 1 N–H and O–H groups in total. The maximum Gasteiger partial charge on any atom is 0.271 e. The second-order valence-corrected chi connectivity index (χ2v) is 6.60. The average molecular weight is 376 g/mol. The SMILES string of the molecule is Cc1sc2ncnc(OCC(=O)Nc3cc([N+](=O)[O-])ccc3F)c2c1C. The summed E-state index contributed by atoms with van der Waals surface area (Å²) in [6, 6.07) is 2.88. The molecule has 0 unspecified atom stereocenters. The standard InChI is InChI=1S/C16H13FN4O4S/c1-8-9(2)26-16-14(8)15(18-7-19-16)25-6-13(22)20-12-5-10(21(23)24)3-4-11(12)17/h3-5,7H,6H2,1-2H3,(H,20,22). The monoisotopic (exact) mass is 376 g/mol. The number of carbonyl (C=O) groups is 1. The lowest BCUT2D eigenvalue weighted by Gasteiger charge is -2.08. The van der Waals surface area contributed by atoms with E-state index < -0.39 is 23.3 Å². The minimum Gasteiger partial charge on any atom is -0.467 e. The van der Waals surface area contributed by atoms with Gasteiger partial charge >= 0.3 is 0 Å². The van der Waals surface area contributed by atoms with Crippen molar-refractivity contribution in [1.29, 1.82) is 0 Å². The summed E-state index contributed by atoms with van der Waals surface area (Å²) in [4.78, 5) is 32.1. The molecule has 0 aliphatic heterocycles. The smallest absolute Gasteiger partial charge is 0.271 e. The molecule has 2 aromatic heterocycles. The Morgan fingerprint density at radius 2 is 2.15 bits per heavy atom. The normalized spacial score (nSPS) is 10.7. The van der Waals surface area contributed by atoms with Gasteiger partial charge in [-0.1, -0.05) is 0 Å². The van der Waals surface area contributed by atoms with E-state index in [9.17, 15) is 19.3 Å². The number of hydrogen-bond acceptors (Lipinski definition) is 7. The number of thiophene rings is 1. The molecule has 0 atom stereocenters. The summed E-state index contributed by atoms with van der Waals surface area (Å²) in [7, 11) is 0. The van der Waals surface area contributed by atoms with Crippen molar-refractivity contribution in [1.82, 2.24) is 9.97 Å². The highest BCUT2D eigenvalue weighted by Crippen LogP contribution is 2.33. The summed E-state index contributed by atoms with van der Waals surface area (Å²) in [5, 5.41) is 13.7. The van der Waals surface area contributed by atoms with Crippen molar-refractivity contribution < 1.29 is 18.8 Å². The lowest BCUT2D eigenvalue weighted by atomic mass is 10.2. The maximum absolute atomic E-state index is 13.7. The largest absolute Gasteiger partial charge is 0.467 e. The van der Waals surface area contributed by atoms with Crippen molar-refractivity contribution in [2.75, 3.05) is 11.9 Å². The zero-order chi connectivity index (χ0) is 18.8. The molecule has 26 heavy (non-hydrogen) atoms. The number of carbonyl (C=O) groups excluding carboxylic acids is 1. The molecule has 0 spiro atoms. The van der Waals surface area contributed by atoms with Crippen molar-refractivity contribution in [3.05, 3.63) is 50.9 Å².